The van der Waals surface area contributed by atoms with E-state index in [0.29, 0.717) is 22.6 Å². The lowest BCUT2D eigenvalue weighted by molar-refractivity contribution is -0.117. The maximum absolute atomic E-state index is 13.5. The molecule has 4 aromatic rings. The zero-order valence-corrected chi connectivity index (χ0v) is 17.5. The number of hydrogen-bond acceptors (Lipinski definition) is 5. The van der Waals surface area contributed by atoms with Gasteiger partial charge in [-0.1, -0.05) is 30.3 Å². The molecule has 1 aliphatic rings. The number of carbonyl (C=O) groups excluding carboxylic acids is 2. The number of furan rings is 1. The van der Waals surface area contributed by atoms with Crippen molar-refractivity contribution in [2.45, 2.75) is 6.04 Å². The fourth-order valence-corrected chi connectivity index (χ4v) is 4.03. The number of rotatable bonds is 5. The van der Waals surface area contributed by atoms with E-state index in [9.17, 15) is 19.1 Å². The molecule has 1 amide bonds. The van der Waals surface area contributed by atoms with Crippen LogP contribution in [-0.2, 0) is 4.79 Å². The molecule has 1 atom stereocenters. The zero-order chi connectivity index (χ0) is 23.1. The van der Waals surface area contributed by atoms with Crippen molar-refractivity contribution in [1.82, 2.24) is 0 Å². The summed E-state index contributed by atoms with van der Waals surface area (Å²) in [6, 6.07) is 19.8. The number of anilines is 1. The number of carbonyl (C=O) groups is 2. The molecule has 0 saturated carbocycles. The molecular formula is C26H18FNO5. The largest absolute Gasteiger partial charge is 0.503 e. The van der Waals surface area contributed by atoms with Crippen molar-refractivity contribution in [3.05, 3.63) is 107 Å². The summed E-state index contributed by atoms with van der Waals surface area (Å²) in [5.74, 6) is -1.92. The molecule has 0 saturated heterocycles. The first-order valence-corrected chi connectivity index (χ1v) is 10.2. The van der Waals surface area contributed by atoms with Crippen LogP contribution in [0.5, 0.6) is 5.75 Å². The Labute approximate surface area is 188 Å². The molecule has 0 fully saturated rings. The third-order valence-corrected chi connectivity index (χ3v) is 5.64. The summed E-state index contributed by atoms with van der Waals surface area (Å²) in [5, 5.41) is 11.5. The lowest BCUT2D eigenvalue weighted by Crippen LogP contribution is -2.31. The molecule has 0 radical (unpaired) electrons. The lowest BCUT2D eigenvalue weighted by atomic mass is 9.94. The number of aliphatic hydroxyl groups excluding tert-OH is 1. The molecule has 164 valence electrons. The minimum Gasteiger partial charge on any atom is -0.503 e. The quantitative estimate of drug-likeness (QED) is 0.420. The number of halogens is 1. The Bertz CT molecular complexity index is 1370. The Morgan fingerprint density at radius 3 is 2.39 bits per heavy atom. The highest BCUT2D eigenvalue weighted by molar-refractivity contribution is 6.20. The van der Waals surface area contributed by atoms with Crippen LogP contribution in [0.2, 0.25) is 0 Å². The standard InChI is InChI=1S/C26H18FNO5/c1-32-19-12-6-15(7-13-19)23-22(24(29)21-14-16-4-2-3-5-20(16)33-21)25(30)26(31)28(23)18-10-8-17(27)9-11-18/h2-14,23,30H,1H3. The van der Waals surface area contributed by atoms with Crippen molar-refractivity contribution < 1.29 is 28.2 Å². The fraction of sp³-hybridized carbons (Fsp3) is 0.0769. The van der Waals surface area contributed by atoms with Crippen molar-refractivity contribution in [3.8, 4) is 5.75 Å². The smallest absolute Gasteiger partial charge is 0.294 e. The van der Waals surface area contributed by atoms with E-state index < -0.39 is 29.3 Å². The minimum atomic E-state index is -0.949. The minimum absolute atomic E-state index is 0.00465. The van der Waals surface area contributed by atoms with Gasteiger partial charge in [0.15, 0.2) is 11.5 Å². The molecule has 2 heterocycles. The Hall–Kier alpha value is -4.39. The van der Waals surface area contributed by atoms with Gasteiger partial charge in [0.25, 0.3) is 5.91 Å². The predicted octanol–water partition coefficient (Wildman–Crippen LogP) is 5.36. The predicted molar refractivity (Wildman–Crippen MR) is 120 cm³/mol. The topological polar surface area (TPSA) is 80.0 Å². The normalized spacial score (nSPS) is 16.0. The molecule has 3 aromatic carbocycles. The molecule has 7 heteroatoms. The van der Waals surface area contributed by atoms with Gasteiger partial charge in [-0.15, -0.1) is 0 Å². The number of nitrogens with zero attached hydrogens (tertiary/aromatic N) is 1. The van der Waals surface area contributed by atoms with Gasteiger partial charge in [0.05, 0.1) is 18.7 Å². The fourth-order valence-electron chi connectivity index (χ4n) is 4.03. The SMILES string of the molecule is COc1ccc(C2C(C(=O)c3cc4ccccc4o3)=C(O)C(=O)N2c2ccc(F)cc2)cc1. The third-order valence-electron chi connectivity index (χ3n) is 5.64. The lowest BCUT2D eigenvalue weighted by Gasteiger charge is -2.27. The maximum Gasteiger partial charge on any atom is 0.294 e. The molecule has 1 aromatic heterocycles. The number of fused-ring (bicyclic) bond motifs is 1. The van der Waals surface area contributed by atoms with Crippen molar-refractivity contribution in [3.63, 3.8) is 0 Å². The molecule has 33 heavy (non-hydrogen) atoms. The van der Waals surface area contributed by atoms with E-state index in [1.54, 1.807) is 48.5 Å². The van der Waals surface area contributed by atoms with Gasteiger partial charge in [-0.3, -0.25) is 14.5 Å². The van der Waals surface area contributed by atoms with Crippen LogP contribution in [0.1, 0.15) is 22.2 Å². The van der Waals surface area contributed by atoms with E-state index in [0.717, 1.165) is 5.39 Å². The maximum atomic E-state index is 13.5. The third kappa shape index (κ3) is 3.43. The van der Waals surface area contributed by atoms with Crippen molar-refractivity contribution >= 4 is 28.3 Å². The summed E-state index contributed by atoms with van der Waals surface area (Å²) in [7, 11) is 1.53. The monoisotopic (exact) mass is 443 g/mol. The number of methoxy groups -OCH3 is 1. The van der Waals surface area contributed by atoms with Crippen LogP contribution in [0.25, 0.3) is 11.0 Å². The van der Waals surface area contributed by atoms with Crippen LogP contribution >= 0.6 is 0 Å². The highest BCUT2D eigenvalue weighted by Crippen LogP contribution is 2.42. The Kier molecular flexibility index (Phi) is 4.94. The summed E-state index contributed by atoms with van der Waals surface area (Å²) in [6.45, 7) is 0. The van der Waals surface area contributed by atoms with E-state index in [-0.39, 0.29) is 11.3 Å². The number of hydrogen-bond donors (Lipinski definition) is 1. The van der Waals surface area contributed by atoms with Crippen molar-refractivity contribution in [2.24, 2.45) is 0 Å². The molecular weight excluding hydrogens is 425 g/mol. The number of ketones is 1. The first kappa shape index (κ1) is 20.5. The van der Waals surface area contributed by atoms with Crippen molar-refractivity contribution in [2.75, 3.05) is 12.0 Å². The van der Waals surface area contributed by atoms with E-state index in [2.05, 4.69) is 0 Å². The van der Waals surface area contributed by atoms with Crippen LogP contribution in [-0.4, -0.2) is 23.9 Å². The molecule has 5 rings (SSSR count). The summed E-state index contributed by atoms with van der Waals surface area (Å²) in [5.41, 5.74) is 1.30. The summed E-state index contributed by atoms with van der Waals surface area (Å²) >= 11 is 0. The first-order chi connectivity index (χ1) is 16.0. The van der Waals surface area contributed by atoms with Crippen LogP contribution in [0.15, 0.2) is 94.6 Å². The Morgan fingerprint density at radius 1 is 1.03 bits per heavy atom. The molecule has 0 aliphatic carbocycles. The molecule has 1 N–H and O–H groups in total. The summed E-state index contributed by atoms with van der Waals surface area (Å²) < 4.78 is 24.5. The number of Topliss-reactive ketones (excluding diaryl/α,β-unsaturated/α-hetero) is 1. The Balaban J connectivity index is 1.65. The van der Waals surface area contributed by atoms with E-state index >= 15 is 0 Å². The molecule has 0 bridgehead atoms. The number of ether oxygens (including phenoxy) is 1. The molecule has 1 aliphatic heterocycles. The van der Waals surface area contributed by atoms with Gasteiger partial charge in [0.2, 0.25) is 5.78 Å². The first-order valence-electron chi connectivity index (χ1n) is 10.2. The summed E-state index contributed by atoms with van der Waals surface area (Å²) in [6.07, 6.45) is 0. The van der Waals surface area contributed by atoms with Gasteiger partial charge in [-0.25, -0.2) is 4.39 Å². The van der Waals surface area contributed by atoms with Gasteiger partial charge in [-0.2, -0.15) is 0 Å². The number of benzene rings is 3. The molecule has 0 spiro atoms. The van der Waals surface area contributed by atoms with Gasteiger partial charge >= 0.3 is 0 Å². The van der Waals surface area contributed by atoms with Gasteiger partial charge in [0.1, 0.15) is 17.1 Å². The second-order valence-corrected chi connectivity index (χ2v) is 7.57. The average molecular weight is 443 g/mol. The van der Waals surface area contributed by atoms with E-state index in [1.165, 1.54) is 36.3 Å². The van der Waals surface area contributed by atoms with Crippen LogP contribution in [0, 0.1) is 5.82 Å². The molecule has 6 nitrogen and oxygen atoms in total. The van der Waals surface area contributed by atoms with Gasteiger partial charge in [-0.05, 0) is 54.1 Å². The van der Waals surface area contributed by atoms with Crippen LogP contribution < -0.4 is 9.64 Å². The van der Waals surface area contributed by atoms with Gasteiger partial charge < -0.3 is 14.3 Å². The number of para-hydroxylation sites is 1. The van der Waals surface area contributed by atoms with Crippen molar-refractivity contribution in [1.29, 1.82) is 0 Å². The van der Waals surface area contributed by atoms with E-state index in [4.69, 9.17) is 9.15 Å². The van der Waals surface area contributed by atoms with E-state index in [1.807, 2.05) is 6.07 Å². The zero-order valence-electron chi connectivity index (χ0n) is 17.5. The summed E-state index contributed by atoms with van der Waals surface area (Å²) in [4.78, 5) is 27.9. The number of aliphatic hydroxyl groups is 1. The second-order valence-electron chi connectivity index (χ2n) is 7.57. The second kappa shape index (κ2) is 7.94. The van der Waals surface area contributed by atoms with Crippen LogP contribution in [0.4, 0.5) is 10.1 Å². The molecule has 1 unspecified atom stereocenters. The van der Waals surface area contributed by atoms with Gasteiger partial charge in [0, 0.05) is 11.1 Å². The highest BCUT2D eigenvalue weighted by Gasteiger charge is 2.45. The average Bonchev–Trinajstić information content (AvgIpc) is 3.39. The Morgan fingerprint density at radius 2 is 1.73 bits per heavy atom. The highest BCUT2D eigenvalue weighted by atomic mass is 19.1. The van der Waals surface area contributed by atoms with Crippen LogP contribution in [0.3, 0.4) is 0 Å². The number of amides is 1.